The summed E-state index contributed by atoms with van der Waals surface area (Å²) < 4.78 is 0. The molecule has 0 spiro atoms. The maximum absolute atomic E-state index is 4.21. The lowest BCUT2D eigenvalue weighted by Crippen LogP contribution is -2.02. The largest absolute Gasteiger partial charge is 0.365 e. The first-order chi connectivity index (χ1) is 8.33. The molecule has 0 aromatic carbocycles. The summed E-state index contributed by atoms with van der Waals surface area (Å²) in [6.45, 7) is 3.02. The first-order valence-electron chi connectivity index (χ1n) is 5.48. The predicted molar refractivity (Wildman–Crippen MR) is 74.8 cm³/mol. The summed E-state index contributed by atoms with van der Waals surface area (Å²) in [5.41, 5.74) is 1.42. The molecule has 0 aliphatic heterocycles. The second kappa shape index (κ2) is 6.02. The van der Waals surface area contributed by atoms with Gasteiger partial charge in [0.15, 0.2) is 0 Å². The van der Waals surface area contributed by atoms with E-state index in [1.165, 1.54) is 10.4 Å². The number of nitrogens with zero attached hydrogens (tertiary/aromatic N) is 2. The van der Waals surface area contributed by atoms with Crippen molar-refractivity contribution in [2.24, 2.45) is 0 Å². The number of thioether (sulfide) groups is 1. The normalized spacial score (nSPS) is 10.5. The van der Waals surface area contributed by atoms with Crippen molar-refractivity contribution in [2.45, 2.75) is 24.9 Å². The molecule has 2 aromatic rings. The number of anilines is 1. The molecule has 0 aliphatic rings. The van der Waals surface area contributed by atoms with E-state index in [1.807, 2.05) is 12.3 Å². The van der Waals surface area contributed by atoms with E-state index in [4.69, 9.17) is 0 Å². The van der Waals surface area contributed by atoms with Crippen molar-refractivity contribution in [3.63, 3.8) is 0 Å². The third kappa shape index (κ3) is 3.20. The molecule has 0 unspecified atom stereocenters. The SMILES string of the molecule is CCc1ccsc1CNc1cc(SC)ncn1. The van der Waals surface area contributed by atoms with Crippen LogP contribution >= 0.6 is 23.1 Å². The minimum Gasteiger partial charge on any atom is -0.365 e. The van der Waals surface area contributed by atoms with Crippen LogP contribution in [0.4, 0.5) is 5.82 Å². The van der Waals surface area contributed by atoms with Gasteiger partial charge in [0.2, 0.25) is 0 Å². The molecule has 2 rings (SSSR count). The fourth-order valence-electron chi connectivity index (χ4n) is 1.56. The van der Waals surface area contributed by atoms with Crippen LogP contribution in [0, 0.1) is 0 Å². The van der Waals surface area contributed by atoms with E-state index in [0.29, 0.717) is 0 Å². The van der Waals surface area contributed by atoms with Gasteiger partial charge in [-0.25, -0.2) is 9.97 Å². The molecule has 0 bridgehead atoms. The highest BCUT2D eigenvalue weighted by Crippen LogP contribution is 2.19. The van der Waals surface area contributed by atoms with Gasteiger partial charge in [0.1, 0.15) is 17.2 Å². The van der Waals surface area contributed by atoms with Gasteiger partial charge in [-0.3, -0.25) is 0 Å². The number of thiophene rings is 1. The molecular formula is C12H15N3S2. The summed E-state index contributed by atoms with van der Waals surface area (Å²) in [6.07, 6.45) is 4.70. The number of rotatable bonds is 5. The Morgan fingerprint density at radius 2 is 2.29 bits per heavy atom. The molecule has 0 aliphatic carbocycles. The Morgan fingerprint density at radius 3 is 3.06 bits per heavy atom. The lowest BCUT2D eigenvalue weighted by Gasteiger charge is -2.06. The second-order valence-corrected chi connectivity index (χ2v) is 5.35. The van der Waals surface area contributed by atoms with Crippen LogP contribution in [-0.2, 0) is 13.0 Å². The standard InChI is InChI=1S/C12H15N3S2/c1-3-9-4-5-17-10(9)7-13-11-6-12(16-2)15-8-14-11/h4-6,8H,3,7H2,1-2H3,(H,13,14,15). The quantitative estimate of drug-likeness (QED) is 0.664. The van der Waals surface area contributed by atoms with Crippen LogP contribution in [0.2, 0.25) is 0 Å². The zero-order valence-corrected chi connectivity index (χ0v) is 11.6. The molecule has 3 nitrogen and oxygen atoms in total. The van der Waals surface area contributed by atoms with Crippen LogP contribution in [0.3, 0.4) is 0 Å². The Morgan fingerprint density at radius 1 is 1.41 bits per heavy atom. The molecule has 0 amide bonds. The lowest BCUT2D eigenvalue weighted by molar-refractivity contribution is 1.01. The summed E-state index contributed by atoms with van der Waals surface area (Å²) in [7, 11) is 0. The van der Waals surface area contributed by atoms with E-state index in [1.54, 1.807) is 29.4 Å². The van der Waals surface area contributed by atoms with Gasteiger partial charge in [-0.15, -0.1) is 23.1 Å². The highest BCUT2D eigenvalue weighted by Gasteiger charge is 2.03. The van der Waals surface area contributed by atoms with E-state index in [2.05, 4.69) is 33.7 Å². The Hall–Kier alpha value is -1.07. The van der Waals surface area contributed by atoms with E-state index in [0.717, 1.165) is 23.8 Å². The lowest BCUT2D eigenvalue weighted by atomic mass is 10.2. The van der Waals surface area contributed by atoms with Gasteiger partial charge in [0.25, 0.3) is 0 Å². The highest BCUT2D eigenvalue weighted by atomic mass is 32.2. The van der Waals surface area contributed by atoms with Gasteiger partial charge in [0.05, 0.1) is 6.54 Å². The first kappa shape index (κ1) is 12.4. The minimum absolute atomic E-state index is 0.839. The Balaban J connectivity index is 2.02. The van der Waals surface area contributed by atoms with Gasteiger partial charge in [0, 0.05) is 10.9 Å². The predicted octanol–water partition coefficient (Wildman–Crippen LogP) is 3.43. The number of aromatic nitrogens is 2. The zero-order valence-electron chi connectivity index (χ0n) is 9.93. The summed E-state index contributed by atoms with van der Waals surface area (Å²) in [5, 5.41) is 6.47. The number of nitrogens with one attached hydrogen (secondary N) is 1. The molecular weight excluding hydrogens is 250 g/mol. The minimum atomic E-state index is 0.839. The van der Waals surface area contributed by atoms with Crippen LogP contribution in [0.5, 0.6) is 0 Å². The topological polar surface area (TPSA) is 37.8 Å². The second-order valence-electron chi connectivity index (χ2n) is 3.52. The number of aryl methyl sites for hydroxylation is 1. The Labute approximate surface area is 110 Å². The molecule has 5 heteroatoms. The van der Waals surface area contributed by atoms with Crippen LogP contribution in [-0.4, -0.2) is 16.2 Å². The van der Waals surface area contributed by atoms with Gasteiger partial charge in [-0.2, -0.15) is 0 Å². The van der Waals surface area contributed by atoms with Crippen LogP contribution in [0.25, 0.3) is 0 Å². The molecule has 0 atom stereocenters. The van der Waals surface area contributed by atoms with E-state index in [-0.39, 0.29) is 0 Å². The number of hydrogen-bond acceptors (Lipinski definition) is 5. The van der Waals surface area contributed by atoms with E-state index >= 15 is 0 Å². The van der Waals surface area contributed by atoms with E-state index < -0.39 is 0 Å². The van der Waals surface area contributed by atoms with Gasteiger partial charge < -0.3 is 5.32 Å². The van der Waals surface area contributed by atoms with Crippen molar-refractivity contribution in [1.82, 2.24) is 9.97 Å². The number of hydrogen-bond donors (Lipinski definition) is 1. The average molecular weight is 265 g/mol. The highest BCUT2D eigenvalue weighted by molar-refractivity contribution is 7.98. The van der Waals surface area contributed by atoms with Crippen molar-refractivity contribution in [1.29, 1.82) is 0 Å². The zero-order chi connectivity index (χ0) is 12.1. The van der Waals surface area contributed by atoms with Crippen molar-refractivity contribution in [3.05, 3.63) is 34.3 Å². The monoisotopic (exact) mass is 265 g/mol. The summed E-state index contributed by atoms with van der Waals surface area (Å²) in [6, 6.07) is 4.17. The average Bonchev–Trinajstić information content (AvgIpc) is 2.84. The Kier molecular flexibility index (Phi) is 4.39. The fraction of sp³-hybridized carbons (Fsp3) is 0.333. The molecule has 2 heterocycles. The first-order valence-corrected chi connectivity index (χ1v) is 7.59. The van der Waals surface area contributed by atoms with Crippen molar-refractivity contribution >= 4 is 28.9 Å². The molecule has 0 fully saturated rings. The molecule has 90 valence electrons. The van der Waals surface area contributed by atoms with Crippen LogP contribution in [0.1, 0.15) is 17.4 Å². The van der Waals surface area contributed by atoms with Crippen LogP contribution in [0.15, 0.2) is 28.9 Å². The van der Waals surface area contributed by atoms with Crippen LogP contribution < -0.4 is 5.32 Å². The van der Waals surface area contributed by atoms with Gasteiger partial charge in [-0.05, 0) is 29.7 Å². The molecule has 1 N–H and O–H groups in total. The third-order valence-electron chi connectivity index (χ3n) is 2.50. The van der Waals surface area contributed by atoms with Gasteiger partial charge >= 0.3 is 0 Å². The summed E-state index contributed by atoms with van der Waals surface area (Å²) in [5.74, 6) is 0.889. The molecule has 17 heavy (non-hydrogen) atoms. The molecule has 0 saturated carbocycles. The smallest absolute Gasteiger partial charge is 0.130 e. The fourth-order valence-corrected chi connectivity index (χ4v) is 2.85. The van der Waals surface area contributed by atoms with Crippen molar-refractivity contribution in [2.75, 3.05) is 11.6 Å². The molecule has 0 radical (unpaired) electrons. The maximum Gasteiger partial charge on any atom is 0.130 e. The molecule has 0 saturated heterocycles. The maximum atomic E-state index is 4.21. The Bertz CT molecular complexity index is 482. The van der Waals surface area contributed by atoms with Crippen molar-refractivity contribution in [3.8, 4) is 0 Å². The third-order valence-corrected chi connectivity index (χ3v) is 4.10. The van der Waals surface area contributed by atoms with Gasteiger partial charge in [-0.1, -0.05) is 6.92 Å². The van der Waals surface area contributed by atoms with E-state index in [9.17, 15) is 0 Å². The summed E-state index contributed by atoms with van der Waals surface area (Å²) >= 11 is 3.42. The van der Waals surface area contributed by atoms with Crippen molar-refractivity contribution < 1.29 is 0 Å². The summed E-state index contributed by atoms with van der Waals surface area (Å²) in [4.78, 5) is 9.75. The molecule has 2 aromatic heterocycles.